The fraction of sp³-hybridized carbons (Fsp3) is 0.478. The molecule has 1 N–H and O–H groups in total. The Balaban J connectivity index is 1.65. The van der Waals surface area contributed by atoms with Gasteiger partial charge in [0, 0.05) is 37.1 Å². The van der Waals surface area contributed by atoms with Gasteiger partial charge >= 0.3 is 0 Å². The van der Waals surface area contributed by atoms with Crippen LogP contribution in [-0.4, -0.2) is 41.5 Å². The Kier molecular flexibility index (Phi) is 6.90. The highest BCUT2D eigenvalue weighted by Crippen LogP contribution is 2.23. The summed E-state index contributed by atoms with van der Waals surface area (Å²) in [6, 6.07) is 12.5. The lowest BCUT2D eigenvalue weighted by Crippen LogP contribution is -2.43. The molecule has 1 saturated heterocycles. The largest absolute Gasteiger partial charge is 0.372 e. The van der Waals surface area contributed by atoms with Crippen LogP contribution in [0.5, 0.6) is 0 Å². The minimum absolute atomic E-state index is 0.0571. The molecule has 0 saturated carbocycles. The summed E-state index contributed by atoms with van der Waals surface area (Å²) in [5.74, 6) is 0.0571. The number of amides is 1. The van der Waals surface area contributed by atoms with Crippen LogP contribution in [0, 0.1) is 0 Å². The van der Waals surface area contributed by atoms with Crippen molar-refractivity contribution >= 4 is 23.0 Å². The first kappa shape index (κ1) is 20.2. The molecule has 1 aliphatic rings. The van der Waals surface area contributed by atoms with Crippen molar-refractivity contribution in [2.45, 2.75) is 52.5 Å². The third-order valence-corrected chi connectivity index (χ3v) is 5.63. The molecular formula is C23H32N4O. The van der Waals surface area contributed by atoms with Gasteiger partial charge in [-0.25, -0.2) is 4.98 Å². The number of aromatic nitrogens is 1. The van der Waals surface area contributed by atoms with Gasteiger partial charge in [-0.2, -0.15) is 0 Å². The van der Waals surface area contributed by atoms with Crippen molar-refractivity contribution in [3.8, 4) is 0 Å². The van der Waals surface area contributed by atoms with Gasteiger partial charge in [0.05, 0.1) is 11.9 Å². The fourth-order valence-corrected chi connectivity index (χ4v) is 3.94. The molecule has 2 heterocycles. The molecule has 5 nitrogen and oxygen atoms in total. The summed E-state index contributed by atoms with van der Waals surface area (Å²) in [6.45, 7) is 9.32. The number of carbonyl (C=O) groups is 1. The molecule has 1 atom stereocenters. The summed E-state index contributed by atoms with van der Waals surface area (Å²) in [6.07, 6.45) is 6.16. The molecule has 1 aromatic heterocycles. The second kappa shape index (κ2) is 9.58. The number of likely N-dealkylation sites (tertiary alicyclic amines) is 1. The monoisotopic (exact) mass is 380 g/mol. The van der Waals surface area contributed by atoms with E-state index in [1.165, 1.54) is 12.1 Å². The molecule has 5 heteroatoms. The molecule has 150 valence electrons. The zero-order chi connectivity index (χ0) is 19.9. The van der Waals surface area contributed by atoms with Gasteiger partial charge in [-0.1, -0.05) is 6.92 Å². The molecule has 1 aromatic carbocycles. The van der Waals surface area contributed by atoms with Crippen molar-refractivity contribution in [2.75, 3.05) is 29.9 Å². The molecule has 1 unspecified atom stereocenters. The maximum absolute atomic E-state index is 12.8. The van der Waals surface area contributed by atoms with Crippen molar-refractivity contribution in [1.82, 2.24) is 9.88 Å². The number of nitrogens with zero attached hydrogens (tertiary/aromatic N) is 3. The standard InChI is InChI=1S/C23H32N4O/c1-4-20-9-7-8-16-27(20)23(28)22-15-12-19(17-24-22)25-18-10-13-21(14-11-18)26(5-2)6-3/h10-15,17,20,25H,4-9,16H2,1-3H3. The van der Waals surface area contributed by atoms with E-state index in [-0.39, 0.29) is 5.91 Å². The minimum atomic E-state index is 0.0571. The third kappa shape index (κ3) is 4.64. The highest BCUT2D eigenvalue weighted by molar-refractivity contribution is 5.92. The Morgan fingerprint density at radius 2 is 1.79 bits per heavy atom. The van der Waals surface area contributed by atoms with Gasteiger partial charge < -0.3 is 15.1 Å². The summed E-state index contributed by atoms with van der Waals surface area (Å²) >= 11 is 0. The van der Waals surface area contributed by atoms with E-state index >= 15 is 0 Å². The van der Waals surface area contributed by atoms with Crippen LogP contribution in [0.3, 0.4) is 0 Å². The lowest BCUT2D eigenvalue weighted by Gasteiger charge is -2.35. The van der Waals surface area contributed by atoms with E-state index in [0.29, 0.717) is 11.7 Å². The van der Waals surface area contributed by atoms with E-state index in [1.807, 2.05) is 17.0 Å². The average molecular weight is 381 g/mol. The quantitative estimate of drug-likeness (QED) is 0.728. The maximum atomic E-state index is 12.8. The van der Waals surface area contributed by atoms with Crippen molar-refractivity contribution in [3.05, 3.63) is 48.3 Å². The molecule has 1 aliphatic heterocycles. The molecule has 1 fully saturated rings. The molecule has 1 amide bonds. The predicted molar refractivity (Wildman–Crippen MR) is 116 cm³/mol. The van der Waals surface area contributed by atoms with Crippen LogP contribution >= 0.6 is 0 Å². The van der Waals surface area contributed by atoms with E-state index in [4.69, 9.17) is 0 Å². The molecular weight excluding hydrogens is 348 g/mol. The van der Waals surface area contributed by atoms with E-state index in [0.717, 1.165) is 50.3 Å². The van der Waals surface area contributed by atoms with Crippen molar-refractivity contribution < 1.29 is 4.79 Å². The smallest absolute Gasteiger partial charge is 0.272 e. The van der Waals surface area contributed by atoms with Gasteiger partial charge in [0.1, 0.15) is 5.69 Å². The molecule has 0 aliphatic carbocycles. The lowest BCUT2D eigenvalue weighted by atomic mass is 9.99. The SMILES string of the molecule is CCC1CCCCN1C(=O)c1ccc(Nc2ccc(N(CC)CC)cc2)cn1. The molecule has 2 aromatic rings. The van der Waals surface area contributed by atoms with Gasteiger partial charge in [-0.05, 0) is 75.9 Å². The van der Waals surface area contributed by atoms with Crippen LogP contribution in [0.4, 0.5) is 17.1 Å². The number of nitrogens with one attached hydrogen (secondary N) is 1. The molecule has 0 bridgehead atoms. The minimum Gasteiger partial charge on any atom is -0.372 e. The number of pyridine rings is 1. The van der Waals surface area contributed by atoms with Gasteiger partial charge in [0.2, 0.25) is 0 Å². The zero-order valence-corrected chi connectivity index (χ0v) is 17.3. The van der Waals surface area contributed by atoms with Crippen LogP contribution < -0.4 is 10.2 Å². The zero-order valence-electron chi connectivity index (χ0n) is 17.3. The second-order valence-electron chi connectivity index (χ2n) is 7.33. The van der Waals surface area contributed by atoms with E-state index in [9.17, 15) is 4.79 Å². The van der Waals surface area contributed by atoms with Crippen LogP contribution in [0.25, 0.3) is 0 Å². The summed E-state index contributed by atoms with van der Waals surface area (Å²) < 4.78 is 0. The number of carbonyl (C=O) groups excluding carboxylic acids is 1. The topological polar surface area (TPSA) is 48.5 Å². The predicted octanol–water partition coefficient (Wildman–Crippen LogP) is 5.08. The van der Waals surface area contributed by atoms with Crippen LogP contribution in [0.15, 0.2) is 42.6 Å². The molecule has 3 rings (SSSR count). The Labute approximate surface area is 168 Å². The average Bonchev–Trinajstić information content (AvgIpc) is 2.76. The normalized spacial score (nSPS) is 16.7. The number of benzene rings is 1. The first-order valence-electron chi connectivity index (χ1n) is 10.5. The Hall–Kier alpha value is -2.56. The molecule has 28 heavy (non-hydrogen) atoms. The number of piperidine rings is 1. The summed E-state index contributed by atoms with van der Waals surface area (Å²) in [4.78, 5) is 21.6. The van der Waals surface area contributed by atoms with Crippen LogP contribution in [0.1, 0.15) is 56.9 Å². The summed E-state index contributed by atoms with van der Waals surface area (Å²) in [5, 5.41) is 3.37. The van der Waals surface area contributed by atoms with Crippen molar-refractivity contribution in [2.24, 2.45) is 0 Å². The van der Waals surface area contributed by atoms with Crippen LogP contribution in [-0.2, 0) is 0 Å². The highest BCUT2D eigenvalue weighted by Gasteiger charge is 2.26. The molecule has 0 spiro atoms. The third-order valence-electron chi connectivity index (χ3n) is 5.63. The van der Waals surface area contributed by atoms with Gasteiger partial charge in [0.15, 0.2) is 0 Å². The first-order valence-corrected chi connectivity index (χ1v) is 10.5. The van der Waals surface area contributed by atoms with E-state index in [1.54, 1.807) is 6.20 Å². The maximum Gasteiger partial charge on any atom is 0.272 e. The van der Waals surface area contributed by atoms with Gasteiger partial charge in [-0.15, -0.1) is 0 Å². The number of anilines is 3. The fourth-order valence-electron chi connectivity index (χ4n) is 3.94. The van der Waals surface area contributed by atoms with Gasteiger partial charge in [0.25, 0.3) is 5.91 Å². The lowest BCUT2D eigenvalue weighted by molar-refractivity contribution is 0.0602. The number of hydrogen-bond acceptors (Lipinski definition) is 4. The summed E-state index contributed by atoms with van der Waals surface area (Å²) in [5.41, 5.74) is 3.65. The van der Waals surface area contributed by atoms with Crippen LogP contribution in [0.2, 0.25) is 0 Å². The van der Waals surface area contributed by atoms with Crippen molar-refractivity contribution in [1.29, 1.82) is 0 Å². The van der Waals surface area contributed by atoms with Gasteiger partial charge in [-0.3, -0.25) is 4.79 Å². The highest BCUT2D eigenvalue weighted by atomic mass is 16.2. The Morgan fingerprint density at radius 3 is 2.39 bits per heavy atom. The van der Waals surface area contributed by atoms with Crippen molar-refractivity contribution in [3.63, 3.8) is 0 Å². The summed E-state index contributed by atoms with van der Waals surface area (Å²) in [7, 11) is 0. The number of hydrogen-bond donors (Lipinski definition) is 1. The van der Waals surface area contributed by atoms with E-state index in [2.05, 4.69) is 60.2 Å². The number of rotatable bonds is 7. The first-order chi connectivity index (χ1) is 13.7. The second-order valence-corrected chi connectivity index (χ2v) is 7.33. The Bertz CT molecular complexity index is 753. The van der Waals surface area contributed by atoms with E-state index < -0.39 is 0 Å². The molecule has 0 radical (unpaired) electrons. The Morgan fingerprint density at radius 1 is 1.07 bits per heavy atom.